The molecule has 142 valence electrons. The summed E-state index contributed by atoms with van der Waals surface area (Å²) >= 11 is 1.31. The number of carbonyl (C=O) groups is 1. The normalized spacial score (nSPS) is 12.6. The maximum absolute atomic E-state index is 12.9. The van der Waals surface area contributed by atoms with Gasteiger partial charge < -0.3 is 5.32 Å². The van der Waals surface area contributed by atoms with Crippen LogP contribution < -0.4 is 10.9 Å². The number of rotatable bonds is 6. The highest BCUT2D eigenvalue weighted by Crippen LogP contribution is 2.22. The van der Waals surface area contributed by atoms with Crippen molar-refractivity contribution in [1.29, 1.82) is 0 Å². The standard InChI is InChI=1S/C21H25N3O2S/c1-5-24-20(26)17-10-15-8-6-7-9-16(15)11-18(17)23-21(24)27-12-19(25)22-14(4)13(2)3/h6-11,13-14H,5,12H2,1-4H3,(H,22,25)/t14-/m0/s1. The van der Waals surface area contributed by atoms with Gasteiger partial charge in [-0.25, -0.2) is 4.98 Å². The zero-order valence-corrected chi connectivity index (χ0v) is 17.0. The van der Waals surface area contributed by atoms with Crippen LogP contribution in [0.2, 0.25) is 0 Å². The molecule has 3 aromatic rings. The number of carbonyl (C=O) groups excluding carboxylic acids is 1. The monoisotopic (exact) mass is 383 g/mol. The maximum Gasteiger partial charge on any atom is 0.262 e. The molecule has 3 rings (SSSR count). The second-order valence-electron chi connectivity index (χ2n) is 7.05. The highest BCUT2D eigenvalue weighted by molar-refractivity contribution is 7.99. The van der Waals surface area contributed by atoms with Crippen LogP contribution in [0.25, 0.3) is 21.7 Å². The van der Waals surface area contributed by atoms with Crippen molar-refractivity contribution in [2.75, 3.05) is 5.75 Å². The third-order valence-electron chi connectivity index (χ3n) is 4.82. The summed E-state index contributed by atoms with van der Waals surface area (Å²) in [7, 11) is 0. The number of fused-ring (bicyclic) bond motifs is 2. The van der Waals surface area contributed by atoms with E-state index in [0.29, 0.717) is 28.5 Å². The van der Waals surface area contributed by atoms with E-state index in [4.69, 9.17) is 0 Å². The highest BCUT2D eigenvalue weighted by atomic mass is 32.2. The topological polar surface area (TPSA) is 64.0 Å². The van der Waals surface area contributed by atoms with E-state index in [9.17, 15) is 9.59 Å². The SMILES string of the molecule is CCn1c(SCC(=O)N[C@@H](C)C(C)C)nc2cc3ccccc3cc2c1=O. The fourth-order valence-electron chi connectivity index (χ4n) is 2.87. The zero-order valence-electron chi connectivity index (χ0n) is 16.2. The average molecular weight is 384 g/mol. The van der Waals surface area contributed by atoms with Crippen LogP contribution in [0.1, 0.15) is 27.7 Å². The lowest BCUT2D eigenvalue weighted by Crippen LogP contribution is -2.37. The van der Waals surface area contributed by atoms with Crippen LogP contribution in [0.4, 0.5) is 0 Å². The number of hydrogen-bond acceptors (Lipinski definition) is 4. The summed E-state index contributed by atoms with van der Waals surface area (Å²) in [4.78, 5) is 29.8. The van der Waals surface area contributed by atoms with Gasteiger partial charge in [0.25, 0.3) is 5.56 Å². The Labute approximate surface area is 163 Å². The first-order valence-electron chi connectivity index (χ1n) is 9.26. The van der Waals surface area contributed by atoms with Crippen molar-refractivity contribution in [1.82, 2.24) is 14.9 Å². The van der Waals surface area contributed by atoms with Crippen LogP contribution in [-0.2, 0) is 11.3 Å². The summed E-state index contributed by atoms with van der Waals surface area (Å²) in [6, 6.07) is 11.9. The predicted molar refractivity (Wildman–Crippen MR) is 112 cm³/mol. The van der Waals surface area contributed by atoms with Crippen LogP contribution in [-0.4, -0.2) is 27.3 Å². The molecular formula is C21H25N3O2S. The largest absolute Gasteiger partial charge is 0.353 e. The predicted octanol–water partition coefficient (Wildman–Crippen LogP) is 3.82. The van der Waals surface area contributed by atoms with Crippen molar-refractivity contribution >= 4 is 39.3 Å². The molecule has 1 N–H and O–H groups in total. The third kappa shape index (κ3) is 4.16. The summed E-state index contributed by atoms with van der Waals surface area (Å²) in [5, 5.41) is 6.25. The Balaban J connectivity index is 1.94. The van der Waals surface area contributed by atoms with Gasteiger partial charge in [0.05, 0.1) is 16.7 Å². The first-order chi connectivity index (χ1) is 12.9. The fraction of sp³-hybridized carbons (Fsp3) is 0.381. The third-order valence-corrected chi connectivity index (χ3v) is 5.80. The first-order valence-corrected chi connectivity index (χ1v) is 10.2. The van der Waals surface area contributed by atoms with E-state index in [0.717, 1.165) is 10.8 Å². The molecule has 0 saturated heterocycles. The molecule has 1 amide bonds. The molecule has 0 aliphatic carbocycles. The lowest BCUT2D eigenvalue weighted by Gasteiger charge is -2.17. The molecule has 27 heavy (non-hydrogen) atoms. The van der Waals surface area contributed by atoms with Crippen LogP contribution >= 0.6 is 11.8 Å². The lowest BCUT2D eigenvalue weighted by atomic mass is 10.1. The summed E-state index contributed by atoms with van der Waals surface area (Å²) in [5.74, 6) is 0.569. The van der Waals surface area contributed by atoms with E-state index >= 15 is 0 Å². The second kappa shape index (κ2) is 8.13. The Bertz CT molecular complexity index is 1040. The van der Waals surface area contributed by atoms with E-state index in [1.807, 2.05) is 50.2 Å². The van der Waals surface area contributed by atoms with E-state index in [2.05, 4.69) is 24.1 Å². The molecule has 1 aromatic heterocycles. The first kappa shape index (κ1) is 19.4. The number of nitrogens with one attached hydrogen (secondary N) is 1. The molecule has 0 unspecified atom stereocenters. The molecule has 0 bridgehead atoms. The Morgan fingerprint density at radius 2 is 1.85 bits per heavy atom. The van der Waals surface area contributed by atoms with Crippen molar-refractivity contribution in [2.45, 2.75) is 45.4 Å². The van der Waals surface area contributed by atoms with E-state index in [1.54, 1.807) is 4.57 Å². The molecule has 0 radical (unpaired) electrons. The van der Waals surface area contributed by atoms with Crippen molar-refractivity contribution in [2.24, 2.45) is 5.92 Å². The van der Waals surface area contributed by atoms with Gasteiger partial charge >= 0.3 is 0 Å². The molecule has 0 spiro atoms. The minimum atomic E-state index is -0.0632. The second-order valence-corrected chi connectivity index (χ2v) is 7.99. The Kier molecular flexibility index (Phi) is 5.85. The molecule has 1 heterocycles. The average Bonchev–Trinajstić information content (AvgIpc) is 2.65. The number of nitrogens with zero attached hydrogens (tertiary/aromatic N) is 2. The molecule has 5 nitrogen and oxygen atoms in total. The van der Waals surface area contributed by atoms with Crippen LogP contribution in [0.15, 0.2) is 46.3 Å². The number of hydrogen-bond donors (Lipinski definition) is 1. The number of aromatic nitrogens is 2. The smallest absolute Gasteiger partial charge is 0.262 e. The van der Waals surface area contributed by atoms with Crippen LogP contribution in [0.5, 0.6) is 0 Å². The van der Waals surface area contributed by atoms with Gasteiger partial charge in [-0.2, -0.15) is 0 Å². The number of thioether (sulfide) groups is 1. The van der Waals surface area contributed by atoms with Crippen molar-refractivity contribution in [3.05, 3.63) is 46.8 Å². The van der Waals surface area contributed by atoms with Gasteiger partial charge in [-0.15, -0.1) is 0 Å². The minimum Gasteiger partial charge on any atom is -0.353 e. The summed E-state index contributed by atoms with van der Waals surface area (Å²) in [6.45, 7) is 8.57. The molecule has 0 aliphatic rings. The van der Waals surface area contributed by atoms with Gasteiger partial charge in [0.1, 0.15) is 0 Å². The van der Waals surface area contributed by atoms with Gasteiger partial charge in [0, 0.05) is 12.6 Å². The Hall–Kier alpha value is -2.34. The van der Waals surface area contributed by atoms with Crippen molar-refractivity contribution in [3.63, 3.8) is 0 Å². The van der Waals surface area contributed by atoms with Gasteiger partial charge in [-0.1, -0.05) is 49.9 Å². The summed E-state index contributed by atoms with van der Waals surface area (Å²) in [5.41, 5.74) is 0.605. The number of benzene rings is 2. The quantitative estimate of drug-likeness (QED) is 0.399. The van der Waals surface area contributed by atoms with Crippen LogP contribution in [0, 0.1) is 5.92 Å². The Morgan fingerprint density at radius 1 is 1.19 bits per heavy atom. The van der Waals surface area contributed by atoms with Gasteiger partial charge in [0.15, 0.2) is 5.16 Å². The number of amides is 1. The van der Waals surface area contributed by atoms with E-state index in [1.165, 1.54) is 11.8 Å². The van der Waals surface area contributed by atoms with Gasteiger partial charge in [-0.3, -0.25) is 14.2 Å². The minimum absolute atomic E-state index is 0.0447. The summed E-state index contributed by atoms with van der Waals surface area (Å²) in [6.07, 6.45) is 0. The molecule has 2 aromatic carbocycles. The van der Waals surface area contributed by atoms with Crippen LogP contribution in [0.3, 0.4) is 0 Å². The maximum atomic E-state index is 12.9. The molecule has 0 aliphatic heterocycles. The molecule has 0 saturated carbocycles. The van der Waals surface area contributed by atoms with Gasteiger partial charge in [0.2, 0.25) is 5.91 Å². The fourth-order valence-corrected chi connectivity index (χ4v) is 3.74. The lowest BCUT2D eigenvalue weighted by molar-refractivity contribution is -0.119. The van der Waals surface area contributed by atoms with Crippen molar-refractivity contribution < 1.29 is 4.79 Å². The zero-order chi connectivity index (χ0) is 19.6. The van der Waals surface area contributed by atoms with E-state index < -0.39 is 0 Å². The molecule has 6 heteroatoms. The Morgan fingerprint density at radius 3 is 2.48 bits per heavy atom. The van der Waals surface area contributed by atoms with E-state index in [-0.39, 0.29) is 23.3 Å². The highest BCUT2D eigenvalue weighted by Gasteiger charge is 2.15. The molecule has 0 fully saturated rings. The van der Waals surface area contributed by atoms with Gasteiger partial charge in [-0.05, 0) is 42.7 Å². The van der Waals surface area contributed by atoms with Crippen molar-refractivity contribution in [3.8, 4) is 0 Å². The molecular weight excluding hydrogens is 358 g/mol. The summed E-state index contributed by atoms with van der Waals surface area (Å²) < 4.78 is 1.64. The molecule has 1 atom stereocenters.